The second-order valence-corrected chi connectivity index (χ2v) is 1.59. The zero-order valence-corrected chi connectivity index (χ0v) is 4.66. The lowest BCUT2D eigenvalue weighted by molar-refractivity contribution is -0.125. The topological polar surface area (TPSA) is 82.5 Å². The van der Waals surface area contributed by atoms with Crippen LogP contribution in [0.4, 0.5) is 0 Å². The van der Waals surface area contributed by atoms with Crippen LogP contribution in [0.3, 0.4) is 0 Å². The standard InChI is InChI=1S/C4H6N4O/c5-4(6)8-3(9)1-2-7-8/h2H,1H2,(H3,5,6). The highest BCUT2D eigenvalue weighted by Crippen LogP contribution is 1.99. The van der Waals surface area contributed by atoms with Gasteiger partial charge in [-0.1, -0.05) is 0 Å². The van der Waals surface area contributed by atoms with E-state index in [0.29, 0.717) is 0 Å². The fourth-order valence-electron chi connectivity index (χ4n) is 0.548. The molecule has 0 bridgehead atoms. The predicted octanol–water partition coefficient (Wildman–Crippen LogP) is -0.902. The molecule has 9 heavy (non-hydrogen) atoms. The van der Waals surface area contributed by atoms with Crippen molar-refractivity contribution >= 4 is 18.1 Å². The molecule has 0 aromatic carbocycles. The second kappa shape index (κ2) is 1.85. The average molecular weight is 126 g/mol. The van der Waals surface area contributed by atoms with Gasteiger partial charge in [0.15, 0.2) is 0 Å². The van der Waals surface area contributed by atoms with E-state index in [1.54, 1.807) is 0 Å². The lowest BCUT2D eigenvalue weighted by atomic mass is 10.5. The molecule has 0 aliphatic carbocycles. The molecule has 5 nitrogen and oxygen atoms in total. The summed E-state index contributed by atoms with van der Waals surface area (Å²) in [5.41, 5.74) is 4.96. The molecule has 3 N–H and O–H groups in total. The van der Waals surface area contributed by atoms with Gasteiger partial charge in [-0.15, -0.1) is 0 Å². The van der Waals surface area contributed by atoms with Crippen molar-refractivity contribution in [2.75, 3.05) is 0 Å². The highest BCUT2D eigenvalue weighted by molar-refractivity contribution is 6.03. The molecule has 5 heteroatoms. The maximum atomic E-state index is 10.6. The first-order valence-corrected chi connectivity index (χ1v) is 2.41. The maximum Gasteiger partial charge on any atom is 0.255 e. The highest BCUT2D eigenvalue weighted by atomic mass is 16.2. The van der Waals surface area contributed by atoms with Crippen LogP contribution >= 0.6 is 0 Å². The van der Waals surface area contributed by atoms with Crippen molar-refractivity contribution in [1.82, 2.24) is 5.01 Å². The molecule has 0 saturated carbocycles. The van der Waals surface area contributed by atoms with Gasteiger partial charge in [0, 0.05) is 6.21 Å². The van der Waals surface area contributed by atoms with E-state index in [0.717, 1.165) is 5.01 Å². The monoisotopic (exact) mass is 126 g/mol. The molecule has 0 fully saturated rings. The lowest BCUT2D eigenvalue weighted by Gasteiger charge is -2.06. The zero-order valence-electron chi connectivity index (χ0n) is 4.66. The summed E-state index contributed by atoms with van der Waals surface area (Å²) < 4.78 is 0. The molecule has 0 aromatic heterocycles. The van der Waals surface area contributed by atoms with Crippen LogP contribution in [0.15, 0.2) is 5.10 Å². The first kappa shape index (κ1) is 5.74. The van der Waals surface area contributed by atoms with E-state index >= 15 is 0 Å². The molecular formula is C4H6N4O. The van der Waals surface area contributed by atoms with E-state index in [-0.39, 0.29) is 18.3 Å². The largest absolute Gasteiger partial charge is 0.368 e. The summed E-state index contributed by atoms with van der Waals surface area (Å²) in [7, 11) is 0. The Morgan fingerprint density at radius 2 is 2.67 bits per heavy atom. The molecule has 1 rings (SSSR count). The number of nitrogens with zero attached hydrogens (tertiary/aromatic N) is 2. The summed E-state index contributed by atoms with van der Waals surface area (Å²) in [5.74, 6) is -0.573. The van der Waals surface area contributed by atoms with E-state index < -0.39 is 0 Å². The van der Waals surface area contributed by atoms with Gasteiger partial charge in [-0.3, -0.25) is 10.2 Å². The van der Waals surface area contributed by atoms with Crippen LogP contribution in [-0.2, 0) is 4.79 Å². The lowest BCUT2D eigenvalue weighted by Crippen LogP contribution is -2.33. The van der Waals surface area contributed by atoms with Gasteiger partial charge < -0.3 is 5.73 Å². The van der Waals surface area contributed by atoms with Gasteiger partial charge in [-0.05, 0) is 0 Å². The summed E-state index contributed by atoms with van der Waals surface area (Å²) in [6.07, 6.45) is 1.67. The molecule has 1 amide bonds. The number of carbonyl (C=O) groups is 1. The van der Waals surface area contributed by atoms with Crippen molar-refractivity contribution in [2.45, 2.75) is 6.42 Å². The minimum Gasteiger partial charge on any atom is -0.368 e. The van der Waals surface area contributed by atoms with E-state index in [1.807, 2.05) is 0 Å². The van der Waals surface area contributed by atoms with Crippen molar-refractivity contribution in [3.63, 3.8) is 0 Å². The molecule has 0 spiro atoms. The Morgan fingerprint density at radius 3 is 2.89 bits per heavy atom. The number of rotatable bonds is 0. The van der Waals surface area contributed by atoms with E-state index in [2.05, 4.69) is 5.10 Å². The molecule has 48 valence electrons. The van der Waals surface area contributed by atoms with Crippen LogP contribution in [-0.4, -0.2) is 23.1 Å². The molecule has 1 aliphatic rings. The Bertz CT molecular complexity index is 185. The van der Waals surface area contributed by atoms with E-state index in [4.69, 9.17) is 11.1 Å². The Hall–Kier alpha value is -1.39. The first-order valence-electron chi connectivity index (χ1n) is 2.41. The molecule has 0 atom stereocenters. The van der Waals surface area contributed by atoms with Crippen LogP contribution in [0.2, 0.25) is 0 Å². The number of hydrogen-bond donors (Lipinski definition) is 2. The molecule has 0 aromatic rings. The number of hydrogen-bond acceptors (Lipinski definition) is 3. The molecule has 0 radical (unpaired) electrons. The van der Waals surface area contributed by atoms with Gasteiger partial charge in [0.2, 0.25) is 5.96 Å². The third-order valence-corrected chi connectivity index (χ3v) is 0.927. The van der Waals surface area contributed by atoms with Crippen LogP contribution in [0.5, 0.6) is 0 Å². The third-order valence-electron chi connectivity index (χ3n) is 0.927. The Balaban J connectivity index is 2.71. The summed E-state index contributed by atoms with van der Waals surface area (Å²) in [5, 5.41) is 11.2. The quantitative estimate of drug-likeness (QED) is 0.325. The number of nitrogens with one attached hydrogen (secondary N) is 1. The summed E-state index contributed by atoms with van der Waals surface area (Å²) in [6.45, 7) is 0. The van der Waals surface area contributed by atoms with Gasteiger partial charge in [0.05, 0.1) is 6.42 Å². The van der Waals surface area contributed by atoms with Crippen LogP contribution in [0, 0.1) is 5.41 Å². The smallest absolute Gasteiger partial charge is 0.255 e. The average Bonchev–Trinajstić information content (AvgIpc) is 2.13. The van der Waals surface area contributed by atoms with Gasteiger partial charge >= 0.3 is 0 Å². The maximum absolute atomic E-state index is 10.6. The third kappa shape index (κ3) is 0.883. The number of nitrogens with two attached hydrogens (primary N) is 1. The normalized spacial score (nSPS) is 16.9. The Morgan fingerprint density at radius 1 is 2.00 bits per heavy atom. The van der Waals surface area contributed by atoms with Crippen molar-refractivity contribution in [3.05, 3.63) is 0 Å². The van der Waals surface area contributed by atoms with Gasteiger partial charge in [-0.25, -0.2) is 0 Å². The Labute approximate surface area is 51.6 Å². The van der Waals surface area contributed by atoms with Gasteiger partial charge in [0.1, 0.15) is 0 Å². The van der Waals surface area contributed by atoms with Crippen LogP contribution in [0.1, 0.15) is 6.42 Å². The van der Waals surface area contributed by atoms with Crippen LogP contribution in [0.25, 0.3) is 0 Å². The van der Waals surface area contributed by atoms with Crippen molar-refractivity contribution in [3.8, 4) is 0 Å². The van der Waals surface area contributed by atoms with Gasteiger partial charge in [-0.2, -0.15) is 10.1 Å². The number of amides is 1. The fourth-order valence-corrected chi connectivity index (χ4v) is 0.548. The summed E-state index contributed by atoms with van der Waals surface area (Å²) in [6, 6.07) is 0. The first-order chi connectivity index (χ1) is 4.22. The SMILES string of the molecule is N=C(N)N1N=CCC1=O. The number of carbonyl (C=O) groups excluding carboxylic acids is 1. The van der Waals surface area contributed by atoms with Crippen LogP contribution < -0.4 is 5.73 Å². The molecular weight excluding hydrogens is 120 g/mol. The fraction of sp³-hybridized carbons (Fsp3) is 0.250. The number of hydrazone groups is 1. The highest BCUT2D eigenvalue weighted by Gasteiger charge is 2.18. The van der Waals surface area contributed by atoms with Crippen molar-refractivity contribution in [2.24, 2.45) is 10.8 Å². The molecule has 0 unspecified atom stereocenters. The minimum absolute atomic E-state index is 0.248. The molecule has 0 saturated heterocycles. The van der Waals surface area contributed by atoms with Crippen molar-refractivity contribution < 1.29 is 4.79 Å². The van der Waals surface area contributed by atoms with Crippen molar-refractivity contribution in [1.29, 1.82) is 5.41 Å². The van der Waals surface area contributed by atoms with E-state index in [9.17, 15) is 4.79 Å². The van der Waals surface area contributed by atoms with E-state index in [1.165, 1.54) is 6.21 Å². The van der Waals surface area contributed by atoms with Gasteiger partial charge in [0.25, 0.3) is 5.91 Å². The minimum atomic E-state index is -0.325. The Kier molecular flexibility index (Phi) is 1.18. The summed E-state index contributed by atoms with van der Waals surface area (Å²) >= 11 is 0. The molecule has 1 aliphatic heterocycles. The molecule has 1 heterocycles. The zero-order chi connectivity index (χ0) is 6.85. The summed E-state index contributed by atoms with van der Waals surface area (Å²) in [4.78, 5) is 10.6. The predicted molar refractivity (Wildman–Crippen MR) is 31.9 cm³/mol. The number of guanidine groups is 1. The second-order valence-electron chi connectivity index (χ2n) is 1.59.